The van der Waals surface area contributed by atoms with E-state index in [9.17, 15) is 14.4 Å². The number of thiazole rings is 1. The van der Waals surface area contributed by atoms with Crippen LogP contribution in [0.5, 0.6) is 0 Å². The Morgan fingerprint density at radius 3 is 2.45 bits per heavy atom. The SMILES string of the molecule is CCCc1ccc(-c2nc(NC(=O)Cn3nc(C(N)=O)c4ccccc4c3=O)sc2C)cc1. The second kappa shape index (κ2) is 9.33. The highest BCUT2D eigenvalue weighted by molar-refractivity contribution is 7.16. The van der Waals surface area contributed by atoms with Gasteiger partial charge in [-0.15, -0.1) is 11.3 Å². The molecule has 0 spiro atoms. The fourth-order valence-corrected chi connectivity index (χ4v) is 4.51. The summed E-state index contributed by atoms with van der Waals surface area (Å²) in [4.78, 5) is 42.8. The summed E-state index contributed by atoms with van der Waals surface area (Å²) < 4.78 is 0.950. The molecule has 33 heavy (non-hydrogen) atoms. The summed E-state index contributed by atoms with van der Waals surface area (Å²) in [5, 5.41) is 7.81. The van der Waals surface area contributed by atoms with Gasteiger partial charge in [-0.05, 0) is 25.0 Å². The van der Waals surface area contributed by atoms with Crippen LogP contribution in [0, 0.1) is 6.92 Å². The highest BCUT2D eigenvalue weighted by atomic mass is 32.1. The van der Waals surface area contributed by atoms with E-state index in [2.05, 4.69) is 34.5 Å². The van der Waals surface area contributed by atoms with Crippen molar-refractivity contribution in [3.05, 3.63) is 75.0 Å². The van der Waals surface area contributed by atoms with E-state index >= 15 is 0 Å². The van der Waals surface area contributed by atoms with Gasteiger partial charge in [0.05, 0.1) is 11.1 Å². The number of aromatic nitrogens is 3. The largest absolute Gasteiger partial charge is 0.364 e. The maximum absolute atomic E-state index is 12.8. The van der Waals surface area contributed by atoms with Gasteiger partial charge in [-0.25, -0.2) is 9.67 Å². The van der Waals surface area contributed by atoms with E-state index < -0.39 is 17.4 Å². The van der Waals surface area contributed by atoms with Gasteiger partial charge in [0.1, 0.15) is 6.54 Å². The monoisotopic (exact) mass is 461 g/mol. The van der Waals surface area contributed by atoms with Crippen molar-refractivity contribution in [2.75, 3.05) is 5.32 Å². The zero-order valence-electron chi connectivity index (χ0n) is 18.3. The van der Waals surface area contributed by atoms with Crippen molar-refractivity contribution in [2.45, 2.75) is 33.2 Å². The summed E-state index contributed by atoms with van der Waals surface area (Å²) >= 11 is 1.35. The maximum atomic E-state index is 12.8. The predicted octanol–water partition coefficient (Wildman–Crippen LogP) is 3.52. The summed E-state index contributed by atoms with van der Waals surface area (Å²) in [6.45, 7) is 3.71. The van der Waals surface area contributed by atoms with E-state index in [4.69, 9.17) is 5.73 Å². The molecule has 0 saturated heterocycles. The molecule has 3 N–H and O–H groups in total. The number of amides is 2. The van der Waals surface area contributed by atoms with Crippen LogP contribution in [0.3, 0.4) is 0 Å². The molecule has 0 radical (unpaired) electrons. The van der Waals surface area contributed by atoms with Crippen molar-refractivity contribution in [3.8, 4) is 11.3 Å². The van der Waals surface area contributed by atoms with Gasteiger partial charge in [-0.1, -0.05) is 55.8 Å². The third-order valence-corrected chi connectivity index (χ3v) is 6.09. The molecule has 8 nitrogen and oxygen atoms in total. The average Bonchev–Trinajstić information content (AvgIpc) is 3.16. The third kappa shape index (κ3) is 4.68. The highest BCUT2D eigenvalue weighted by Crippen LogP contribution is 2.30. The van der Waals surface area contributed by atoms with Crippen molar-refractivity contribution in [3.63, 3.8) is 0 Å². The number of primary amides is 1. The first kappa shape index (κ1) is 22.3. The third-order valence-electron chi connectivity index (χ3n) is 5.20. The number of nitrogens with zero attached hydrogens (tertiary/aromatic N) is 3. The minimum absolute atomic E-state index is 0.0584. The second-order valence-electron chi connectivity index (χ2n) is 7.64. The molecule has 4 aromatic rings. The Labute approximate surface area is 194 Å². The quantitative estimate of drug-likeness (QED) is 0.436. The molecule has 0 unspecified atom stereocenters. The molecule has 9 heteroatoms. The molecule has 2 aromatic heterocycles. The van der Waals surface area contributed by atoms with Gasteiger partial charge in [0.25, 0.3) is 11.5 Å². The van der Waals surface area contributed by atoms with Crippen LogP contribution in [0.2, 0.25) is 0 Å². The summed E-state index contributed by atoms with van der Waals surface area (Å²) in [7, 11) is 0. The molecule has 2 heterocycles. The Morgan fingerprint density at radius 2 is 1.79 bits per heavy atom. The van der Waals surface area contributed by atoms with Gasteiger partial charge in [-0.2, -0.15) is 5.10 Å². The van der Waals surface area contributed by atoms with Gasteiger partial charge in [0, 0.05) is 15.8 Å². The molecular formula is C24H23N5O3S. The van der Waals surface area contributed by atoms with Crippen molar-refractivity contribution >= 4 is 39.1 Å². The van der Waals surface area contributed by atoms with Crippen LogP contribution in [-0.2, 0) is 17.8 Å². The minimum Gasteiger partial charge on any atom is -0.364 e. The zero-order valence-corrected chi connectivity index (χ0v) is 19.1. The number of carbonyl (C=O) groups excluding carboxylic acids is 2. The lowest BCUT2D eigenvalue weighted by Crippen LogP contribution is -2.32. The van der Waals surface area contributed by atoms with Crippen LogP contribution >= 0.6 is 11.3 Å². The van der Waals surface area contributed by atoms with E-state index in [0.29, 0.717) is 10.5 Å². The number of hydrogen-bond acceptors (Lipinski definition) is 6. The summed E-state index contributed by atoms with van der Waals surface area (Å²) in [6.07, 6.45) is 2.11. The standard InChI is InChI=1S/C24H23N5O3S/c1-3-6-15-9-11-16(12-10-15)20-14(2)33-24(27-20)26-19(30)13-29-23(32)18-8-5-4-7-17(18)21(28-29)22(25)31/h4-5,7-12H,3,6,13H2,1-2H3,(H2,25,31)(H,26,27,30). The maximum Gasteiger partial charge on any atom is 0.275 e. The Morgan fingerprint density at radius 1 is 1.09 bits per heavy atom. The van der Waals surface area contributed by atoms with E-state index in [1.807, 2.05) is 19.1 Å². The first-order valence-electron chi connectivity index (χ1n) is 10.5. The van der Waals surface area contributed by atoms with Crippen molar-refractivity contribution in [1.82, 2.24) is 14.8 Å². The highest BCUT2D eigenvalue weighted by Gasteiger charge is 2.17. The molecule has 168 valence electrons. The smallest absolute Gasteiger partial charge is 0.275 e. The van der Waals surface area contributed by atoms with Crippen LogP contribution in [0.15, 0.2) is 53.3 Å². The molecule has 0 aliphatic carbocycles. The molecule has 4 rings (SSSR count). The molecule has 0 saturated carbocycles. The molecule has 0 aliphatic rings. The van der Waals surface area contributed by atoms with Gasteiger partial charge in [0.15, 0.2) is 10.8 Å². The molecular weight excluding hydrogens is 438 g/mol. The Kier molecular flexibility index (Phi) is 6.32. The lowest BCUT2D eigenvalue weighted by molar-refractivity contribution is -0.117. The van der Waals surface area contributed by atoms with E-state index in [1.165, 1.54) is 16.9 Å². The Balaban J connectivity index is 1.56. The number of rotatable bonds is 7. The fourth-order valence-electron chi connectivity index (χ4n) is 3.65. The van der Waals surface area contributed by atoms with E-state index in [-0.39, 0.29) is 17.6 Å². The molecule has 0 aliphatic heterocycles. The van der Waals surface area contributed by atoms with E-state index in [0.717, 1.165) is 33.7 Å². The van der Waals surface area contributed by atoms with Crippen LogP contribution in [0.4, 0.5) is 5.13 Å². The number of hydrogen-bond donors (Lipinski definition) is 2. The van der Waals surface area contributed by atoms with Crippen molar-refractivity contribution < 1.29 is 9.59 Å². The molecule has 2 aromatic carbocycles. The molecule has 0 bridgehead atoms. The fraction of sp³-hybridized carbons (Fsp3) is 0.208. The Hall–Kier alpha value is -3.85. The normalized spacial score (nSPS) is 11.0. The summed E-state index contributed by atoms with van der Waals surface area (Å²) in [6, 6.07) is 14.8. The first-order valence-corrected chi connectivity index (χ1v) is 11.3. The number of anilines is 1. The van der Waals surface area contributed by atoms with Gasteiger partial charge in [-0.3, -0.25) is 14.4 Å². The number of benzene rings is 2. The lowest BCUT2D eigenvalue weighted by atomic mass is 10.1. The van der Waals surface area contributed by atoms with Crippen LogP contribution in [-0.4, -0.2) is 26.6 Å². The number of nitrogens with two attached hydrogens (primary N) is 1. The number of carbonyl (C=O) groups is 2. The van der Waals surface area contributed by atoms with E-state index in [1.54, 1.807) is 24.3 Å². The topological polar surface area (TPSA) is 120 Å². The minimum atomic E-state index is -0.773. The van der Waals surface area contributed by atoms with Crippen molar-refractivity contribution in [1.29, 1.82) is 0 Å². The van der Waals surface area contributed by atoms with Crippen molar-refractivity contribution in [2.24, 2.45) is 5.73 Å². The average molecular weight is 462 g/mol. The molecule has 0 atom stereocenters. The second-order valence-corrected chi connectivity index (χ2v) is 8.84. The summed E-state index contributed by atoms with van der Waals surface area (Å²) in [5.74, 6) is -1.25. The predicted molar refractivity (Wildman–Crippen MR) is 129 cm³/mol. The summed E-state index contributed by atoms with van der Waals surface area (Å²) in [5.41, 5.74) is 7.94. The number of nitrogens with one attached hydrogen (secondary N) is 1. The zero-order chi connectivity index (χ0) is 23.5. The van der Waals surface area contributed by atoms with Gasteiger partial charge < -0.3 is 11.1 Å². The lowest BCUT2D eigenvalue weighted by Gasteiger charge is -2.09. The number of aryl methyl sites for hydroxylation is 2. The first-order chi connectivity index (χ1) is 15.9. The molecule has 0 fully saturated rings. The number of fused-ring (bicyclic) bond motifs is 1. The molecule has 2 amide bonds. The van der Waals surface area contributed by atoms with Crippen LogP contribution < -0.4 is 16.6 Å². The van der Waals surface area contributed by atoms with Gasteiger partial charge >= 0.3 is 0 Å². The Bertz CT molecular complexity index is 1410. The van der Waals surface area contributed by atoms with Crippen LogP contribution in [0.25, 0.3) is 22.0 Å². The van der Waals surface area contributed by atoms with Gasteiger partial charge in [0.2, 0.25) is 5.91 Å². The van der Waals surface area contributed by atoms with Crippen LogP contribution in [0.1, 0.15) is 34.3 Å².